The van der Waals surface area contributed by atoms with Crippen molar-refractivity contribution in [2.45, 2.75) is 6.92 Å². The maximum atomic E-state index is 9.21. The van der Waals surface area contributed by atoms with Gasteiger partial charge in [0.2, 0.25) is 0 Å². The van der Waals surface area contributed by atoms with Crippen molar-refractivity contribution in [1.82, 2.24) is 0 Å². The highest BCUT2D eigenvalue weighted by atomic mass is 35.5. The Balaban J connectivity index is 2.88. The van der Waals surface area contributed by atoms with Crippen molar-refractivity contribution in [3.8, 4) is 5.75 Å². The molecule has 3 heteroatoms. The van der Waals surface area contributed by atoms with E-state index in [-0.39, 0.29) is 5.75 Å². The third kappa shape index (κ3) is 1.08. The lowest BCUT2D eigenvalue weighted by atomic mass is 10.2. The second-order valence-electron chi connectivity index (χ2n) is 2.65. The molecule has 0 aliphatic heterocycles. The number of hydrogen-bond acceptors (Lipinski definition) is 2. The fourth-order valence-corrected chi connectivity index (χ4v) is 2.44. The van der Waals surface area contributed by atoms with Gasteiger partial charge in [0.15, 0.2) is 0 Å². The summed E-state index contributed by atoms with van der Waals surface area (Å²) >= 11 is 7.66. The first-order valence-electron chi connectivity index (χ1n) is 3.56. The van der Waals surface area contributed by atoms with Crippen molar-refractivity contribution in [3.05, 3.63) is 28.1 Å². The summed E-state index contributed by atoms with van der Waals surface area (Å²) in [5.74, 6) is 0.266. The van der Waals surface area contributed by atoms with Gasteiger partial charge in [0, 0.05) is 15.0 Å². The third-order valence-electron chi connectivity index (χ3n) is 1.77. The zero-order chi connectivity index (χ0) is 8.72. The first-order chi connectivity index (χ1) is 5.68. The molecule has 0 atom stereocenters. The van der Waals surface area contributed by atoms with Crippen LogP contribution in [0.1, 0.15) is 4.88 Å². The lowest BCUT2D eigenvalue weighted by molar-refractivity contribution is 0.476. The first kappa shape index (κ1) is 7.90. The number of rotatable bonds is 0. The summed E-state index contributed by atoms with van der Waals surface area (Å²) in [6, 6.07) is 5.25. The molecule has 1 nitrogen and oxygen atoms in total. The molecule has 1 N–H and O–H groups in total. The Morgan fingerprint density at radius 1 is 1.42 bits per heavy atom. The molecule has 0 amide bonds. The molecule has 0 spiro atoms. The number of phenols is 1. The fourth-order valence-electron chi connectivity index (χ4n) is 1.18. The van der Waals surface area contributed by atoms with Crippen molar-refractivity contribution in [1.29, 1.82) is 0 Å². The zero-order valence-electron chi connectivity index (χ0n) is 6.47. The SMILES string of the molecule is Cc1sc2ccc(O)cc2c1Cl. The largest absolute Gasteiger partial charge is 0.508 e. The molecule has 0 unspecified atom stereocenters. The standard InChI is InChI=1S/C9H7ClOS/c1-5-9(10)7-4-6(11)2-3-8(7)12-5/h2-4,11H,1H3. The molecule has 2 rings (SSSR count). The van der Waals surface area contributed by atoms with Crippen LogP contribution in [0.15, 0.2) is 18.2 Å². The Labute approximate surface area is 79.2 Å². The number of thiophene rings is 1. The lowest BCUT2D eigenvalue weighted by Crippen LogP contribution is -1.65. The number of halogens is 1. The molecule has 1 heterocycles. The second-order valence-corrected chi connectivity index (χ2v) is 4.29. The quantitative estimate of drug-likeness (QED) is 0.686. The summed E-state index contributed by atoms with van der Waals surface area (Å²) in [5.41, 5.74) is 0. The molecule has 1 aromatic carbocycles. The molecular formula is C9H7ClOS. The van der Waals surface area contributed by atoms with E-state index in [9.17, 15) is 5.11 Å². The van der Waals surface area contributed by atoms with E-state index in [4.69, 9.17) is 11.6 Å². The van der Waals surface area contributed by atoms with Gasteiger partial charge in [0.05, 0.1) is 5.02 Å². The molecule has 0 saturated heterocycles. The lowest BCUT2D eigenvalue weighted by Gasteiger charge is -1.91. The van der Waals surface area contributed by atoms with Crippen LogP contribution in [0.4, 0.5) is 0 Å². The first-order valence-corrected chi connectivity index (χ1v) is 4.75. The topological polar surface area (TPSA) is 20.2 Å². The van der Waals surface area contributed by atoms with E-state index >= 15 is 0 Å². The van der Waals surface area contributed by atoms with Gasteiger partial charge < -0.3 is 5.11 Å². The van der Waals surface area contributed by atoms with Crippen LogP contribution in [-0.4, -0.2) is 5.11 Å². The molecule has 2 aromatic rings. The van der Waals surface area contributed by atoms with Crippen LogP contribution in [0, 0.1) is 6.92 Å². The normalized spacial score (nSPS) is 10.8. The van der Waals surface area contributed by atoms with Gasteiger partial charge in [0.1, 0.15) is 5.75 Å². The predicted octanol–water partition coefficient (Wildman–Crippen LogP) is 3.57. The van der Waals surface area contributed by atoms with Gasteiger partial charge in [-0.15, -0.1) is 11.3 Å². The molecule has 0 saturated carbocycles. The van der Waals surface area contributed by atoms with Crippen LogP contribution in [0.3, 0.4) is 0 Å². The van der Waals surface area contributed by atoms with Crippen LogP contribution >= 0.6 is 22.9 Å². The number of hydrogen-bond donors (Lipinski definition) is 1. The summed E-state index contributed by atoms with van der Waals surface area (Å²) in [6.45, 7) is 1.98. The Morgan fingerprint density at radius 3 is 2.92 bits per heavy atom. The predicted molar refractivity (Wildman–Crippen MR) is 53.2 cm³/mol. The van der Waals surface area contributed by atoms with E-state index in [1.54, 1.807) is 23.5 Å². The molecule has 0 bridgehead atoms. The van der Waals surface area contributed by atoms with Gasteiger partial charge in [0.25, 0.3) is 0 Å². The number of aryl methyl sites for hydroxylation is 1. The van der Waals surface area contributed by atoms with E-state index in [2.05, 4.69) is 0 Å². The molecule has 0 fully saturated rings. The van der Waals surface area contributed by atoms with E-state index in [1.165, 1.54) is 0 Å². The van der Waals surface area contributed by atoms with Crippen LogP contribution < -0.4 is 0 Å². The Kier molecular flexibility index (Phi) is 1.74. The van der Waals surface area contributed by atoms with E-state index in [1.807, 2.05) is 13.0 Å². The highest BCUT2D eigenvalue weighted by Gasteiger charge is 2.06. The van der Waals surface area contributed by atoms with E-state index in [0.29, 0.717) is 0 Å². The second kappa shape index (κ2) is 2.64. The third-order valence-corrected chi connectivity index (χ3v) is 3.46. The number of fused-ring (bicyclic) bond motifs is 1. The summed E-state index contributed by atoms with van der Waals surface area (Å²) in [6.07, 6.45) is 0. The van der Waals surface area contributed by atoms with Gasteiger partial charge >= 0.3 is 0 Å². The van der Waals surface area contributed by atoms with Gasteiger partial charge in [-0.05, 0) is 25.1 Å². The number of phenolic OH excluding ortho intramolecular Hbond substituents is 1. The van der Waals surface area contributed by atoms with Crippen LogP contribution in [-0.2, 0) is 0 Å². The zero-order valence-corrected chi connectivity index (χ0v) is 8.04. The van der Waals surface area contributed by atoms with Crippen molar-refractivity contribution < 1.29 is 5.11 Å². The fraction of sp³-hybridized carbons (Fsp3) is 0.111. The minimum absolute atomic E-state index is 0.266. The minimum Gasteiger partial charge on any atom is -0.508 e. The van der Waals surface area contributed by atoms with Gasteiger partial charge in [-0.3, -0.25) is 0 Å². The highest BCUT2D eigenvalue weighted by molar-refractivity contribution is 7.19. The summed E-state index contributed by atoms with van der Waals surface area (Å²) in [5, 5.41) is 10.9. The Bertz CT molecular complexity index is 433. The van der Waals surface area contributed by atoms with Gasteiger partial charge in [-0.1, -0.05) is 11.6 Å². The van der Waals surface area contributed by atoms with Crippen molar-refractivity contribution >= 4 is 33.0 Å². The van der Waals surface area contributed by atoms with Crippen LogP contribution in [0.5, 0.6) is 5.75 Å². The van der Waals surface area contributed by atoms with Gasteiger partial charge in [-0.25, -0.2) is 0 Å². The molecule has 0 radical (unpaired) electrons. The van der Waals surface area contributed by atoms with E-state index in [0.717, 1.165) is 20.0 Å². The number of aromatic hydroxyl groups is 1. The van der Waals surface area contributed by atoms with Crippen molar-refractivity contribution in [2.24, 2.45) is 0 Å². The maximum absolute atomic E-state index is 9.21. The van der Waals surface area contributed by atoms with Crippen LogP contribution in [0.2, 0.25) is 5.02 Å². The van der Waals surface area contributed by atoms with Crippen LogP contribution in [0.25, 0.3) is 10.1 Å². The summed E-state index contributed by atoms with van der Waals surface area (Å²) < 4.78 is 1.12. The molecule has 62 valence electrons. The Morgan fingerprint density at radius 2 is 2.17 bits per heavy atom. The van der Waals surface area contributed by atoms with Crippen molar-refractivity contribution in [3.63, 3.8) is 0 Å². The average Bonchev–Trinajstić information content (AvgIpc) is 2.31. The average molecular weight is 199 g/mol. The Hall–Kier alpha value is -0.730. The highest BCUT2D eigenvalue weighted by Crippen LogP contribution is 2.36. The summed E-state index contributed by atoms with van der Waals surface area (Å²) in [4.78, 5) is 1.09. The summed E-state index contributed by atoms with van der Waals surface area (Å²) in [7, 11) is 0. The smallest absolute Gasteiger partial charge is 0.116 e. The number of benzene rings is 1. The maximum Gasteiger partial charge on any atom is 0.116 e. The molecule has 0 aliphatic rings. The molecule has 0 aliphatic carbocycles. The van der Waals surface area contributed by atoms with Crippen molar-refractivity contribution in [2.75, 3.05) is 0 Å². The monoisotopic (exact) mass is 198 g/mol. The molecule has 12 heavy (non-hydrogen) atoms. The minimum atomic E-state index is 0.266. The van der Waals surface area contributed by atoms with Gasteiger partial charge in [-0.2, -0.15) is 0 Å². The molecular weight excluding hydrogens is 192 g/mol. The molecule has 1 aromatic heterocycles. The van der Waals surface area contributed by atoms with E-state index < -0.39 is 0 Å².